The number of benzene rings is 3. The van der Waals surface area contributed by atoms with E-state index in [4.69, 9.17) is 4.74 Å². The van der Waals surface area contributed by atoms with Crippen molar-refractivity contribution in [3.63, 3.8) is 0 Å². The van der Waals surface area contributed by atoms with Crippen molar-refractivity contribution < 1.29 is 35.3 Å². The van der Waals surface area contributed by atoms with Crippen molar-refractivity contribution in [2.24, 2.45) is 0 Å². The van der Waals surface area contributed by atoms with Crippen molar-refractivity contribution >= 4 is 28.4 Å². The van der Waals surface area contributed by atoms with Crippen LogP contribution >= 0.6 is 0 Å². The van der Waals surface area contributed by atoms with Gasteiger partial charge in [-0.15, -0.1) is 0 Å². The molecule has 218 valence electrons. The third-order valence-electron chi connectivity index (χ3n) is 7.05. The van der Waals surface area contributed by atoms with Crippen LogP contribution in [0.1, 0.15) is 29.5 Å². The summed E-state index contributed by atoms with van der Waals surface area (Å²) in [6.45, 7) is -0.160. The highest BCUT2D eigenvalue weighted by Gasteiger charge is 2.48. The predicted octanol–water partition coefficient (Wildman–Crippen LogP) is 5.71. The molecule has 3 aromatic carbocycles. The topological polar surface area (TPSA) is 72.9 Å². The number of aryl methyl sites for hydroxylation is 1. The van der Waals surface area contributed by atoms with Gasteiger partial charge in [-0.25, -0.2) is 4.79 Å². The molecule has 0 atom stereocenters. The Labute approximate surface area is 241 Å². The van der Waals surface area contributed by atoms with Gasteiger partial charge in [0.1, 0.15) is 12.4 Å². The molecule has 0 bridgehead atoms. The molecule has 42 heavy (non-hydrogen) atoms. The molecule has 1 aliphatic heterocycles. The van der Waals surface area contributed by atoms with Crippen LogP contribution in [0.5, 0.6) is 0 Å². The van der Waals surface area contributed by atoms with E-state index < -0.39 is 27.5 Å². The second-order valence-electron chi connectivity index (χ2n) is 9.86. The number of hydrogen-bond acceptors (Lipinski definition) is 5. The van der Waals surface area contributed by atoms with E-state index in [0.29, 0.717) is 0 Å². The van der Waals surface area contributed by atoms with Gasteiger partial charge in [0.2, 0.25) is 0 Å². The number of halogens is 3. The van der Waals surface area contributed by atoms with Gasteiger partial charge in [-0.05, 0) is 76.1 Å². The minimum Gasteiger partial charge on any atom is -0.444 e. The van der Waals surface area contributed by atoms with E-state index in [9.17, 15) is 26.4 Å². The lowest BCUT2D eigenvalue weighted by molar-refractivity contribution is -0.0520. The van der Waals surface area contributed by atoms with E-state index in [1.54, 1.807) is 30.3 Å². The number of allylic oxidation sites excluding steroid dienone is 1. The molecule has 0 saturated heterocycles. The Balaban J connectivity index is 0.000000174. The molecule has 6 nitrogen and oxygen atoms in total. The van der Waals surface area contributed by atoms with Gasteiger partial charge in [0.05, 0.1) is 6.54 Å². The molecule has 1 amide bonds. The second-order valence-corrected chi connectivity index (χ2v) is 11.4. The van der Waals surface area contributed by atoms with Crippen LogP contribution in [0.3, 0.4) is 0 Å². The number of rotatable bonds is 4. The van der Waals surface area contributed by atoms with Crippen molar-refractivity contribution in [1.82, 2.24) is 4.90 Å². The van der Waals surface area contributed by atoms with Crippen molar-refractivity contribution in [1.29, 1.82) is 0 Å². The number of nitrogens with zero attached hydrogens (tertiary/aromatic N) is 1. The smallest absolute Gasteiger partial charge is 0.444 e. The SMILES string of the molecule is C1=c2c(ccc3c2=CCc2ccccc2-3)CCC1.O=C(OCc1ccccc1)N1C=CC(OS(=O)(=O)C(F)(F)F)=CC1. The Bertz CT molecular complexity index is 1760. The van der Waals surface area contributed by atoms with E-state index in [-0.39, 0.29) is 13.2 Å². The quantitative estimate of drug-likeness (QED) is 0.286. The van der Waals surface area contributed by atoms with E-state index in [0.717, 1.165) is 35.2 Å². The minimum absolute atomic E-state index is 0.0273. The molecule has 3 aliphatic rings. The first-order valence-electron chi connectivity index (χ1n) is 13.4. The zero-order valence-corrected chi connectivity index (χ0v) is 23.3. The van der Waals surface area contributed by atoms with Crippen molar-refractivity contribution in [3.05, 3.63) is 118 Å². The number of alkyl halides is 3. The number of amides is 1. The van der Waals surface area contributed by atoms with E-state index in [1.807, 2.05) is 0 Å². The summed E-state index contributed by atoms with van der Waals surface area (Å²) in [5.41, 5.74) is 1.09. The molecule has 1 heterocycles. The Morgan fingerprint density at radius 3 is 2.36 bits per heavy atom. The van der Waals surface area contributed by atoms with Gasteiger partial charge in [-0.2, -0.15) is 21.6 Å². The number of ether oxygens (including phenoxy) is 1. The normalized spacial score (nSPS) is 15.3. The molecule has 3 aromatic rings. The van der Waals surface area contributed by atoms with Crippen LogP contribution in [-0.2, 0) is 38.5 Å². The van der Waals surface area contributed by atoms with E-state index in [2.05, 4.69) is 52.7 Å². The lowest BCUT2D eigenvalue weighted by Gasteiger charge is -2.20. The third kappa shape index (κ3) is 6.60. The molecule has 0 aromatic heterocycles. The molecule has 0 N–H and O–H groups in total. The van der Waals surface area contributed by atoms with Gasteiger partial charge in [0, 0.05) is 6.20 Å². The molecule has 2 aliphatic carbocycles. The lowest BCUT2D eigenvalue weighted by atomic mass is 9.87. The highest BCUT2D eigenvalue weighted by atomic mass is 32.2. The first kappa shape index (κ1) is 29.2. The maximum Gasteiger partial charge on any atom is 0.534 e. The van der Waals surface area contributed by atoms with Crippen LogP contribution < -0.4 is 10.4 Å². The molecular formula is C32H28F3NO5S. The summed E-state index contributed by atoms with van der Waals surface area (Å²) in [5.74, 6) is -0.528. The second kappa shape index (κ2) is 12.3. The first-order valence-corrected chi connectivity index (χ1v) is 14.8. The van der Waals surface area contributed by atoms with Gasteiger partial charge in [-0.1, -0.05) is 78.9 Å². The number of fused-ring (bicyclic) bond motifs is 5. The van der Waals surface area contributed by atoms with Gasteiger partial charge >= 0.3 is 21.7 Å². The largest absolute Gasteiger partial charge is 0.534 e. The lowest BCUT2D eigenvalue weighted by Crippen LogP contribution is -2.33. The zero-order chi connectivity index (χ0) is 29.7. The van der Waals surface area contributed by atoms with Crippen LogP contribution in [0.25, 0.3) is 23.3 Å². The number of carbonyl (C=O) groups is 1. The summed E-state index contributed by atoms with van der Waals surface area (Å²) in [6.07, 6.45) is 12.0. The van der Waals surface area contributed by atoms with E-state index >= 15 is 0 Å². The maximum atomic E-state index is 12.2. The summed E-state index contributed by atoms with van der Waals surface area (Å²) >= 11 is 0. The molecule has 6 rings (SSSR count). The van der Waals surface area contributed by atoms with Crippen LogP contribution in [-0.4, -0.2) is 31.5 Å². The van der Waals surface area contributed by atoms with E-state index in [1.165, 1.54) is 52.0 Å². The number of hydrogen-bond donors (Lipinski definition) is 0. The van der Waals surface area contributed by atoms with Crippen LogP contribution in [0.2, 0.25) is 0 Å². The molecule has 0 fully saturated rings. The fourth-order valence-electron chi connectivity index (χ4n) is 4.96. The van der Waals surface area contributed by atoms with Gasteiger partial charge in [0.15, 0.2) is 0 Å². The Morgan fingerprint density at radius 1 is 0.857 bits per heavy atom. The molecule has 0 radical (unpaired) electrons. The van der Waals surface area contributed by atoms with Crippen LogP contribution in [0.15, 0.2) is 90.8 Å². The summed E-state index contributed by atoms with van der Waals surface area (Å²) in [7, 11) is -5.74. The number of carbonyl (C=O) groups excluding carboxylic acids is 1. The molecule has 0 saturated carbocycles. The molecular weight excluding hydrogens is 567 g/mol. The first-order chi connectivity index (χ1) is 20.1. The van der Waals surface area contributed by atoms with Crippen molar-refractivity contribution in [2.45, 2.75) is 37.8 Å². The summed E-state index contributed by atoms with van der Waals surface area (Å²) in [5, 5.41) is 2.99. The Kier molecular flexibility index (Phi) is 8.54. The fourth-order valence-corrected chi connectivity index (χ4v) is 5.43. The summed E-state index contributed by atoms with van der Waals surface area (Å²) in [4.78, 5) is 12.9. The molecule has 0 unspecified atom stereocenters. The standard InChI is InChI=1S/C18H16.C14H12F3NO5S/c1-3-7-15-13(5-1)9-11-18-16-8-4-2-6-14(16)10-12-17(15)18;15-14(16,17)24(20,21)23-12-6-8-18(9-7-12)13(19)22-10-11-4-2-1-3-5-11/h1,3,5,7-8,10-12H,2,4,6,9H2;1-8H,9-10H2. The maximum absolute atomic E-state index is 12.2. The minimum atomic E-state index is -5.74. The summed E-state index contributed by atoms with van der Waals surface area (Å²) in [6, 6.07) is 22.3. The van der Waals surface area contributed by atoms with Gasteiger partial charge in [-0.3, -0.25) is 4.90 Å². The van der Waals surface area contributed by atoms with Crippen molar-refractivity contribution in [3.8, 4) is 11.1 Å². The molecule has 10 heteroatoms. The Morgan fingerprint density at radius 2 is 1.62 bits per heavy atom. The average Bonchev–Trinajstić information content (AvgIpc) is 3.00. The highest BCUT2D eigenvalue weighted by Crippen LogP contribution is 2.28. The van der Waals surface area contributed by atoms with Crippen LogP contribution in [0.4, 0.5) is 18.0 Å². The fraction of sp³-hybridized carbons (Fsp3) is 0.219. The van der Waals surface area contributed by atoms with Gasteiger partial charge in [0.25, 0.3) is 0 Å². The highest BCUT2D eigenvalue weighted by molar-refractivity contribution is 7.87. The Hall–Kier alpha value is -4.31. The third-order valence-corrected chi connectivity index (χ3v) is 8.03. The predicted molar refractivity (Wildman–Crippen MR) is 153 cm³/mol. The average molecular weight is 596 g/mol. The molecule has 0 spiro atoms. The zero-order valence-electron chi connectivity index (χ0n) is 22.5. The van der Waals surface area contributed by atoms with Crippen molar-refractivity contribution in [2.75, 3.05) is 6.54 Å². The van der Waals surface area contributed by atoms with Crippen LogP contribution in [0, 0.1) is 0 Å². The summed E-state index contributed by atoms with van der Waals surface area (Å²) < 4.78 is 67.3. The monoisotopic (exact) mass is 595 g/mol. The van der Waals surface area contributed by atoms with Gasteiger partial charge < -0.3 is 8.92 Å².